The molecule has 0 aliphatic carbocycles. The van der Waals surface area contributed by atoms with Gasteiger partial charge in [-0.1, -0.05) is 17.7 Å². The van der Waals surface area contributed by atoms with Crippen molar-refractivity contribution in [3.8, 4) is 0 Å². The molecule has 1 aliphatic heterocycles. The van der Waals surface area contributed by atoms with Crippen LogP contribution in [0.3, 0.4) is 0 Å². The molecular weight excluding hydrogens is 531 g/mol. The van der Waals surface area contributed by atoms with E-state index in [0.29, 0.717) is 24.7 Å². The minimum absolute atomic E-state index is 0.0147. The number of amides is 4. The summed E-state index contributed by atoms with van der Waals surface area (Å²) in [7, 11) is 1.30. The van der Waals surface area contributed by atoms with Crippen molar-refractivity contribution in [3.05, 3.63) is 63.7 Å². The van der Waals surface area contributed by atoms with E-state index < -0.39 is 47.7 Å². The van der Waals surface area contributed by atoms with Crippen molar-refractivity contribution in [1.82, 2.24) is 20.7 Å². The van der Waals surface area contributed by atoms with E-state index >= 15 is 0 Å². The minimum Gasteiger partial charge on any atom is -0.478 e. The largest absolute Gasteiger partial charge is 0.478 e. The van der Waals surface area contributed by atoms with E-state index in [4.69, 9.17) is 11.6 Å². The Morgan fingerprint density at radius 1 is 1.05 bits per heavy atom. The van der Waals surface area contributed by atoms with Crippen LogP contribution in [0.1, 0.15) is 44.7 Å². The minimum atomic E-state index is -4.74. The molecular formula is C24H25ClF3N5O5. The number of carbonyl (C=O) groups excluding carboxylic acids is 3. The molecule has 38 heavy (non-hydrogen) atoms. The molecule has 1 fully saturated rings. The molecule has 1 saturated heterocycles. The second kappa shape index (κ2) is 12.1. The van der Waals surface area contributed by atoms with Gasteiger partial charge in [-0.05, 0) is 48.7 Å². The van der Waals surface area contributed by atoms with E-state index in [9.17, 15) is 37.5 Å². The van der Waals surface area contributed by atoms with E-state index in [1.807, 2.05) is 0 Å². The highest BCUT2D eigenvalue weighted by Gasteiger charge is 2.32. The van der Waals surface area contributed by atoms with Crippen LogP contribution in [-0.2, 0) is 17.5 Å². The molecule has 2 aromatic rings. The number of carbonyl (C=O) groups is 4. The van der Waals surface area contributed by atoms with Gasteiger partial charge in [-0.15, -0.1) is 0 Å². The standard InChI is InChI=1S/C24H25ClF3N5O5/c1-29-23(38)31-19-7-5-15(24(26,27)28)11-17(19)21(35)30-12-20(34)33(32-8-2-3-9-32)13-14-4-6-18(25)16(10-14)22(36)37/h4-7,10-11H,2-3,8-9,12-13H2,1H3,(H,30,35)(H,36,37)(H2,29,31,38). The van der Waals surface area contributed by atoms with Crippen molar-refractivity contribution >= 4 is 41.1 Å². The Bertz CT molecular complexity index is 1230. The Labute approximate surface area is 220 Å². The number of benzene rings is 2. The van der Waals surface area contributed by atoms with Gasteiger partial charge in [-0.2, -0.15) is 13.2 Å². The topological polar surface area (TPSA) is 131 Å². The number of nitrogens with zero attached hydrogens (tertiary/aromatic N) is 2. The highest BCUT2D eigenvalue weighted by molar-refractivity contribution is 6.33. The van der Waals surface area contributed by atoms with Gasteiger partial charge in [0.15, 0.2) is 0 Å². The first-order chi connectivity index (χ1) is 17.9. The van der Waals surface area contributed by atoms with Crippen LogP contribution in [0.4, 0.5) is 23.7 Å². The number of halogens is 4. The molecule has 14 heteroatoms. The van der Waals surface area contributed by atoms with Crippen molar-refractivity contribution in [3.63, 3.8) is 0 Å². The van der Waals surface area contributed by atoms with Gasteiger partial charge in [0.25, 0.3) is 11.8 Å². The lowest BCUT2D eigenvalue weighted by molar-refractivity contribution is -0.147. The Kier molecular flexibility index (Phi) is 9.17. The Hall–Kier alpha value is -3.84. The second-order valence-electron chi connectivity index (χ2n) is 8.38. The third kappa shape index (κ3) is 7.13. The number of carboxylic acids is 1. The first kappa shape index (κ1) is 28.7. The summed E-state index contributed by atoms with van der Waals surface area (Å²) in [4.78, 5) is 49.2. The first-order valence-corrected chi connectivity index (χ1v) is 11.8. The summed E-state index contributed by atoms with van der Waals surface area (Å²) in [5, 5.41) is 19.3. The maximum Gasteiger partial charge on any atom is 0.416 e. The molecule has 3 rings (SSSR count). The highest BCUT2D eigenvalue weighted by atomic mass is 35.5. The first-order valence-electron chi connectivity index (χ1n) is 11.5. The third-order valence-corrected chi connectivity index (χ3v) is 6.10. The normalized spacial score (nSPS) is 13.6. The van der Waals surface area contributed by atoms with Crippen molar-refractivity contribution in [2.75, 3.05) is 32.0 Å². The summed E-state index contributed by atoms with van der Waals surface area (Å²) >= 11 is 5.93. The van der Waals surface area contributed by atoms with Gasteiger partial charge in [-0.25, -0.2) is 14.6 Å². The Morgan fingerprint density at radius 2 is 1.74 bits per heavy atom. The molecule has 0 aromatic heterocycles. The lowest BCUT2D eigenvalue weighted by atomic mass is 10.1. The number of urea groups is 1. The van der Waals surface area contributed by atoms with E-state index in [-0.39, 0.29) is 22.8 Å². The SMILES string of the molecule is CNC(=O)Nc1ccc(C(F)(F)F)cc1C(=O)NCC(=O)N(Cc1ccc(Cl)c(C(=O)O)c1)N1CCCC1. The van der Waals surface area contributed by atoms with Crippen molar-refractivity contribution in [2.24, 2.45) is 0 Å². The smallest absolute Gasteiger partial charge is 0.416 e. The fourth-order valence-corrected chi connectivity index (χ4v) is 4.04. The van der Waals surface area contributed by atoms with Crippen LogP contribution in [0.5, 0.6) is 0 Å². The van der Waals surface area contributed by atoms with Gasteiger partial charge in [-0.3, -0.25) is 14.6 Å². The van der Waals surface area contributed by atoms with Crippen LogP contribution in [0.25, 0.3) is 0 Å². The van der Waals surface area contributed by atoms with Crippen LogP contribution >= 0.6 is 11.6 Å². The number of hydrogen-bond donors (Lipinski definition) is 4. The van der Waals surface area contributed by atoms with Gasteiger partial charge in [0, 0.05) is 20.1 Å². The second-order valence-corrected chi connectivity index (χ2v) is 8.78. The van der Waals surface area contributed by atoms with Gasteiger partial charge in [0.1, 0.15) is 0 Å². The molecule has 4 amide bonds. The molecule has 10 nitrogen and oxygen atoms in total. The van der Waals surface area contributed by atoms with Crippen molar-refractivity contribution in [1.29, 1.82) is 0 Å². The van der Waals surface area contributed by atoms with E-state index in [0.717, 1.165) is 25.0 Å². The predicted molar refractivity (Wildman–Crippen MR) is 132 cm³/mol. The number of aromatic carboxylic acids is 1. The average Bonchev–Trinajstić information content (AvgIpc) is 3.40. The Morgan fingerprint density at radius 3 is 2.34 bits per heavy atom. The highest BCUT2D eigenvalue weighted by Crippen LogP contribution is 2.32. The summed E-state index contributed by atoms with van der Waals surface area (Å²) in [6, 6.07) is 5.83. The molecule has 0 atom stereocenters. The van der Waals surface area contributed by atoms with E-state index in [1.165, 1.54) is 24.2 Å². The number of hydrogen-bond acceptors (Lipinski definition) is 5. The van der Waals surface area contributed by atoms with Gasteiger partial charge < -0.3 is 21.1 Å². The van der Waals surface area contributed by atoms with Crippen molar-refractivity contribution < 1.29 is 37.5 Å². The number of rotatable bonds is 8. The summed E-state index contributed by atoms with van der Waals surface area (Å²) in [6.45, 7) is 0.517. The molecule has 1 heterocycles. The molecule has 0 bridgehead atoms. The molecule has 4 N–H and O–H groups in total. The summed E-state index contributed by atoms with van der Waals surface area (Å²) in [5.41, 5.74) is -1.42. The van der Waals surface area contributed by atoms with Gasteiger partial charge in [0.2, 0.25) is 0 Å². The number of anilines is 1. The van der Waals surface area contributed by atoms with E-state index in [2.05, 4.69) is 16.0 Å². The molecule has 0 unspecified atom stereocenters. The monoisotopic (exact) mass is 555 g/mol. The summed E-state index contributed by atoms with van der Waals surface area (Å²) < 4.78 is 39.8. The predicted octanol–water partition coefficient (Wildman–Crippen LogP) is 3.58. The van der Waals surface area contributed by atoms with Crippen molar-refractivity contribution in [2.45, 2.75) is 25.6 Å². The summed E-state index contributed by atoms with van der Waals surface area (Å²) in [6.07, 6.45) is -3.11. The molecule has 1 aliphatic rings. The van der Waals surface area contributed by atoms with Gasteiger partial charge >= 0.3 is 18.2 Å². The van der Waals surface area contributed by atoms with Crippen LogP contribution < -0.4 is 16.0 Å². The lowest BCUT2D eigenvalue weighted by Crippen LogP contribution is -2.48. The molecule has 0 saturated carbocycles. The summed E-state index contributed by atoms with van der Waals surface area (Å²) in [5.74, 6) is -2.80. The fourth-order valence-electron chi connectivity index (χ4n) is 3.84. The average molecular weight is 556 g/mol. The van der Waals surface area contributed by atoms with Gasteiger partial charge in [0.05, 0.1) is 40.5 Å². The molecule has 204 valence electrons. The zero-order valence-corrected chi connectivity index (χ0v) is 20.9. The quantitative estimate of drug-likeness (QED) is 0.394. The van der Waals surface area contributed by atoms with Crippen LogP contribution in [0.15, 0.2) is 36.4 Å². The molecule has 0 spiro atoms. The zero-order valence-electron chi connectivity index (χ0n) is 20.2. The fraction of sp³-hybridized carbons (Fsp3) is 0.333. The number of hydrazine groups is 1. The van der Waals surface area contributed by atoms with Crippen LogP contribution in [-0.4, -0.2) is 65.6 Å². The lowest BCUT2D eigenvalue weighted by Gasteiger charge is -2.32. The van der Waals surface area contributed by atoms with Crippen LogP contribution in [0, 0.1) is 0 Å². The third-order valence-electron chi connectivity index (χ3n) is 5.77. The van der Waals surface area contributed by atoms with E-state index in [1.54, 1.807) is 11.1 Å². The number of nitrogens with one attached hydrogen (secondary N) is 3. The van der Waals surface area contributed by atoms with Crippen LogP contribution in [0.2, 0.25) is 5.02 Å². The number of carboxylic acid groups (broad SMARTS) is 1. The Balaban J connectivity index is 1.81. The maximum atomic E-state index is 13.3. The zero-order chi connectivity index (χ0) is 28.0. The number of alkyl halides is 3. The molecule has 2 aromatic carbocycles. The maximum absolute atomic E-state index is 13.3. The molecule has 0 radical (unpaired) electrons.